The number of amides is 1. The summed E-state index contributed by atoms with van der Waals surface area (Å²) in [5.41, 5.74) is 0.880. The Kier molecular flexibility index (Phi) is 2.63. The summed E-state index contributed by atoms with van der Waals surface area (Å²) in [6.45, 7) is 5.56. The number of carbonyl (C=O) groups is 1. The standard InChI is InChI=1S/C8H10N2O2/c1-3-8(11)9-4-7-5-10-12-6(7)2/h3,5H,1,4H2,2H3,(H,9,11). The molecule has 0 aliphatic carbocycles. The maximum atomic E-state index is 10.7. The molecule has 1 aromatic rings. The molecule has 0 unspecified atom stereocenters. The second-order valence-corrected chi connectivity index (χ2v) is 2.33. The molecule has 0 radical (unpaired) electrons. The van der Waals surface area contributed by atoms with E-state index in [2.05, 4.69) is 17.1 Å². The zero-order chi connectivity index (χ0) is 8.97. The van der Waals surface area contributed by atoms with Crippen molar-refractivity contribution >= 4 is 5.91 Å². The van der Waals surface area contributed by atoms with Gasteiger partial charge in [0.2, 0.25) is 5.91 Å². The molecule has 0 saturated heterocycles. The van der Waals surface area contributed by atoms with Gasteiger partial charge in [-0.25, -0.2) is 0 Å². The fourth-order valence-corrected chi connectivity index (χ4v) is 0.743. The largest absolute Gasteiger partial charge is 0.361 e. The van der Waals surface area contributed by atoms with Crippen LogP contribution in [0.2, 0.25) is 0 Å². The Morgan fingerprint density at radius 1 is 1.92 bits per heavy atom. The van der Waals surface area contributed by atoms with Crippen molar-refractivity contribution in [2.45, 2.75) is 13.5 Å². The Hall–Kier alpha value is -1.58. The molecule has 0 aliphatic rings. The molecule has 12 heavy (non-hydrogen) atoms. The molecule has 4 heteroatoms. The number of carbonyl (C=O) groups excluding carboxylic acids is 1. The molecule has 0 spiro atoms. The molecule has 1 rings (SSSR count). The van der Waals surface area contributed by atoms with Crippen molar-refractivity contribution in [3.05, 3.63) is 30.2 Å². The van der Waals surface area contributed by atoms with E-state index in [0.29, 0.717) is 6.54 Å². The minimum atomic E-state index is -0.199. The summed E-state index contributed by atoms with van der Waals surface area (Å²) in [4.78, 5) is 10.7. The van der Waals surface area contributed by atoms with Crippen LogP contribution in [0, 0.1) is 6.92 Å². The monoisotopic (exact) mass is 166 g/mol. The Bertz CT molecular complexity index is 291. The smallest absolute Gasteiger partial charge is 0.243 e. The zero-order valence-corrected chi connectivity index (χ0v) is 6.83. The summed E-state index contributed by atoms with van der Waals surface area (Å²) < 4.78 is 4.80. The average Bonchev–Trinajstić information content (AvgIpc) is 2.47. The minimum Gasteiger partial charge on any atom is -0.361 e. The van der Waals surface area contributed by atoms with E-state index in [1.54, 1.807) is 13.1 Å². The highest BCUT2D eigenvalue weighted by molar-refractivity contribution is 5.86. The minimum absolute atomic E-state index is 0.199. The van der Waals surface area contributed by atoms with Crippen LogP contribution in [0.1, 0.15) is 11.3 Å². The predicted molar refractivity (Wildman–Crippen MR) is 43.3 cm³/mol. The Morgan fingerprint density at radius 3 is 3.17 bits per heavy atom. The van der Waals surface area contributed by atoms with Gasteiger partial charge in [0.25, 0.3) is 0 Å². The number of hydrogen-bond donors (Lipinski definition) is 1. The van der Waals surface area contributed by atoms with Gasteiger partial charge in [0, 0.05) is 12.1 Å². The molecule has 4 nitrogen and oxygen atoms in total. The third-order valence-electron chi connectivity index (χ3n) is 1.49. The van der Waals surface area contributed by atoms with Gasteiger partial charge in [0.1, 0.15) is 5.76 Å². The van der Waals surface area contributed by atoms with Crippen molar-refractivity contribution in [2.75, 3.05) is 0 Å². The normalized spacial score (nSPS) is 9.42. The van der Waals surface area contributed by atoms with Gasteiger partial charge < -0.3 is 9.84 Å². The number of aromatic nitrogens is 1. The fourth-order valence-electron chi connectivity index (χ4n) is 0.743. The van der Waals surface area contributed by atoms with Crippen molar-refractivity contribution in [1.82, 2.24) is 10.5 Å². The van der Waals surface area contributed by atoms with Crippen LogP contribution in [0.4, 0.5) is 0 Å². The summed E-state index contributed by atoms with van der Waals surface area (Å²) in [5, 5.41) is 6.19. The lowest BCUT2D eigenvalue weighted by Gasteiger charge is -1.97. The second kappa shape index (κ2) is 3.71. The van der Waals surface area contributed by atoms with Gasteiger partial charge in [-0.2, -0.15) is 0 Å². The summed E-state index contributed by atoms with van der Waals surface area (Å²) >= 11 is 0. The van der Waals surface area contributed by atoms with E-state index in [9.17, 15) is 4.79 Å². The third kappa shape index (κ3) is 1.95. The SMILES string of the molecule is C=CC(=O)NCc1cnoc1C. The van der Waals surface area contributed by atoms with Gasteiger partial charge >= 0.3 is 0 Å². The van der Waals surface area contributed by atoms with Crippen LogP contribution in [-0.4, -0.2) is 11.1 Å². The van der Waals surface area contributed by atoms with Crippen LogP contribution in [0.25, 0.3) is 0 Å². The molecular weight excluding hydrogens is 156 g/mol. The van der Waals surface area contributed by atoms with Gasteiger partial charge in [0.15, 0.2) is 0 Å². The lowest BCUT2D eigenvalue weighted by atomic mass is 10.3. The van der Waals surface area contributed by atoms with E-state index < -0.39 is 0 Å². The topological polar surface area (TPSA) is 55.1 Å². The molecule has 0 bridgehead atoms. The molecular formula is C8H10N2O2. The molecule has 0 aromatic carbocycles. The van der Waals surface area contributed by atoms with Crippen LogP contribution in [0.5, 0.6) is 0 Å². The Balaban J connectivity index is 2.48. The van der Waals surface area contributed by atoms with E-state index in [1.807, 2.05) is 0 Å². The Labute approximate surface area is 70.2 Å². The van der Waals surface area contributed by atoms with Gasteiger partial charge in [-0.3, -0.25) is 4.79 Å². The summed E-state index contributed by atoms with van der Waals surface area (Å²) in [5.74, 6) is 0.523. The zero-order valence-electron chi connectivity index (χ0n) is 6.83. The quantitative estimate of drug-likeness (QED) is 0.675. The number of hydrogen-bond acceptors (Lipinski definition) is 3. The third-order valence-corrected chi connectivity index (χ3v) is 1.49. The van der Waals surface area contributed by atoms with Crippen LogP contribution in [0.15, 0.2) is 23.4 Å². The second-order valence-electron chi connectivity index (χ2n) is 2.33. The Morgan fingerprint density at radius 2 is 2.67 bits per heavy atom. The molecule has 1 aromatic heterocycles. The highest BCUT2D eigenvalue weighted by atomic mass is 16.5. The van der Waals surface area contributed by atoms with E-state index in [-0.39, 0.29) is 5.91 Å². The van der Waals surface area contributed by atoms with Crippen molar-refractivity contribution in [3.63, 3.8) is 0 Å². The molecule has 0 atom stereocenters. The molecule has 0 aliphatic heterocycles. The van der Waals surface area contributed by atoms with Crippen LogP contribution in [0.3, 0.4) is 0 Å². The van der Waals surface area contributed by atoms with Crippen molar-refractivity contribution in [3.8, 4) is 0 Å². The summed E-state index contributed by atoms with van der Waals surface area (Å²) in [7, 11) is 0. The van der Waals surface area contributed by atoms with Gasteiger partial charge in [-0.05, 0) is 13.0 Å². The van der Waals surface area contributed by atoms with Gasteiger partial charge in [-0.15, -0.1) is 0 Å². The highest BCUT2D eigenvalue weighted by Crippen LogP contribution is 2.04. The molecule has 0 saturated carbocycles. The fraction of sp³-hybridized carbons (Fsp3) is 0.250. The maximum absolute atomic E-state index is 10.7. The first-order valence-corrected chi connectivity index (χ1v) is 3.54. The van der Waals surface area contributed by atoms with Crippen molar-refractivity contribution in [2.24, 2.45) is 0 Å². The van der Waals surface area contributed by atoms with Gasteiger partial charge in [-0.1, -0.05) is 11.7 Å². The average molecular weight is 166 g/mol. The summed E-state index contributed by atoms with van der Waals surface area (Å²) in [6, 6.07) is 0. The van der Waals surface area contributed by atoms with Crippen molar-refractivity contribution in [1.29, 1.82) is 0 Å². The number of nitrogens with one attached hydrogen (secondary N) is 1. The van der Waals surface area contributed by atoms with Crippen LogP contribution in [-0.2, 0) is 11.3 Å². The van der Waals surface area contributed by atoms with E-state index in [0.717, 1.165) is 11.3 Å². The molecule has 1 amide bonds. The first-order chi connectivity index (χ1) is 5.74. The number of nitrogens with zero attached hydrogens (tertiary/aromatic N) is 1. The molecule has 1 heterocycles. The van der Waals surface area contributed by atoms with Crippen molar-refractivity contribution < 1.29 is 9.32 Å². The van der Waals surface area contributed by atoms with Crippen LogP contribution >= 0.6 is 0 Å². The highest BCUT2D eigenvalue weighted by Gasteiger charge is 2.02. The van der Waals surface area contributed by atoms with E-state index in [4.69, 9.17) is 4.52 Å². The predicted octanol–water partition coefficient (Wildman–Crippen LogP) is 0.785. The lowest BCUT2D eigenvalue weighted by molar-refractivity contribution is -0.116. The lowest BCUT2D eigenvalue weighted by Crippen LogP contribution is -2.19. The van der Waals surface area contributed by atoms with E-state index in [1.165, 1.54) is 6.08 Å². The number of rotatable bonds is 3. The van der Waals surface area contributed by atoms with E-state index >= 15 is 0 Å². The summed E-state index contributed by atoms with van der Waals surface area (Å²) in [6.07, 6.45) is 2.81. The first kappa shape index (κ1) is 8.52. The molecule has 0 fully saturated rings. The van der Waals surface area contributed by atoms with Crippen LogP contribution < -0.4 is 5.32 Å². The molecule has 1 N–H and O–H groups in total. The maximum Gasteiger partial charge on any atom is 0.243 e. The first-order valence-electron chi connectivity index (χ1n) is 3.54. The number of aryl methyl sites for hydroxylation is 1. The molecule has 64 valence electrons. The van der Waals surface area contributed by atoms with Gasteiger partial charge in [0.05, 0.1) is 6.20 Å².